The molecule has 5 heteroatoms. The summed E-state index contributed by atoms with van der Waals surface area (Å²) >= 11 is 0. The van der Waals surface area contributed by atoms with Gasteiger partial charge in [-0.3, -0.25) is 4.79 Å². The fourth-order valence-corrected chi connectivity index (χ4v) is 2.72. The van der Waals surface area contributed by atoms with Crippen molar-refractivity contribution in [2.45, 2.75) is 102 Å². The van der Waals surface area contributed by atoms with E-state index in [1.807, 2.05) is 0 Å². The number of unbranched alkanes of at least 4 members (excludes halogenated alkanes) is 9. The third-order valence-corrected chi connectivity index (χ3v) is 4.24. The molecular weight excluding hydrogens is 296 g/mol. The van der Waals surface area contributed by atoms with Crippen molar-refractivity contribution in [2.75, 3.05) is 6.61 Å². The number of hydrogen-bond acceptors (Lipinski definition) is 4. The van der Waals surface area contributed by atoms with Crippen LogP contribution in [-0.2, 0) is 4.79 Å². The average Bonchev–Trinajstić information content (AvgIpc) is 2.52. The van der Waals surface area contributed by atoms with Crippen LogP contribution in [0.5, 0.6) is 0 Å². The van der Waals surface area contributed by atoms with Crippen LogP contribution in [0.3, 0.4) is 0 Å². The molecule has 0 rings (SSSR count). The lowest BCUT2D eigenvalue weighted by Gasteiger charge is -2.17. The number of aliphatic carboxylic acids is 1. The second-order valence-corrected chi connectivity index (χ2v) is 6.47. The number of aliphatic hydroxyl groups is 3. The number of carboxylic acids is 1. The standard InChI is InChI=1S/C18H36O5/c19-15-11-7-2-1-4-8-12-16(20)17(21)13-9-5-3-6-10-14-18(22)23/h16-17,19-21H,1-15H2,(H,22,23)/t16-,17-/m1/s1. The summed E-state index contributed by atoms with van der Waals surface area (Å²) < 4.78 is 0. The topological polar surface area (TPSA) is 98.0 Å². The van der Waals surface area contributed by atoms with Crippen molar-refractivity contribution in [1.29, 1.82) is 0 Å². The highest BCUT2D eigenvalue weighted by Gasteiger charge is 2.15. The number of aliphatic hydroxyl groups excluding tert-OH is 3. The van der Waals surface area contributed by atoms with Crippen LogP contribution in [0.15, 0.2) is 0 Å². The van der Waals surface area contributed by atoms with E-state index in [1.54, 1.807) is 0 Å². The summed E-state index contributed by atoms with van der Waals surface area (Å²) in [6.07, 6.45) is 10.9. The van der Waals surface area contributed by atoms with E-state index in [-0.39, 0.29) is 13.0 Å². The van der Waals surface area contributed by atoms with Gasteiger partial charge < -0.3 is 20.4 Å². The third-order valence-electron chi connectivity index (χ3n) is 4.24. The Bertz CT molecular complexity index is 270. The van der Waals surface area contributed by atoms with Crippen LogP contribution in [0.4, 0.5) is 0 Å². The van der Waals surface area contributed by atoms with Gasteiger partial charge in [0.05, 0.1) is 12.2 Å². The van der Waals surface area contributed by atoms with Gasteiger partial charge in [0.15, 0.2) is 0 Å². The Balaban J connectivity index is 3.37. The summed E-state index contributed by atoms with van der Waals surface area (Å²) in [5.41, 5.74) is 0. The zero-order chi connectivity index (χ0) is 17.3. The highest BCUT2D eigenvalue weighted by molar-refractivity contribution is 5.66. The molecule has 0 amide bonds. The first-order chi connectivity index (χ1) is 11.1. The lowest BCUT2D eigenvalue weighted by atomic mass is 9.99. The fourth-order valence-electron chi connectivity index (χ4n) is 2.72. The van der Waals surface area contributed by atoms with Crippen molar-refractivity contribution >= 4 is 5.97 Å². The molecule has 0 aromatic rings. The quantitative estimate of drug-likeness (QED) is 0.307. The minimum absolute atomic E-state index is 0.237. The fraction of sp³-hybridized carbons (Fsp3) is 0.944. The van der Waals surface area contributed by atoms with E-state index in [4.69, 9.17) is 10.2 Å². The van der Waals surface area contributed by atoms with Gasteiger partial charge in [0.2, 0.25) is 0 Å². The van der Waals surface area contributed by atoms with Crippen LogP contribution in [0, 0.1) is 0 Å². The zero-order valence-electron chi connectivity index (χ0n) is 14.5. The predicted octanol–water partition coefficient (Wildman–Crippen LogP) is 3.25. The molecule has 0 aliphatic heterocycles. The normalized spacial score (nSPS) is 13.9. The first-order valence-corrected chi connectivity index (χ1v) is 9.26. The Kier molecular flexibility index (Phi) is 15.8. The van der Waals surface area contributed by atoms with Gasteiger partial charge in [-0.15, -0.1) is 0 Å². The van der Waals surface area contributed by atoms with Crippen LogP contribution in [-0.4, -0.2) is 45.2 Å². The molecule has 0 unspecified atom stereocenters. The first-order valence-electron chi connectivity index (χ1n) is 9.26. The molecular formula is C18H36O5. The second kappa shape index (κ2) is 16.2. The van der Waals surface area contributed by atoms with Crippen molar-refractivity contribution < 1.29 is 25.2 Å². The van der Waals surface area contributed by atoms with Gasteiger partial charge in [-0.2, -0.15) is 0 Å². The van der Waals surface area contributed by atoms with E-state index in [2.05, 4.69) is 0 Å². The molecule has 4 N–H and O–H groups in total. The van der Waals surface area contributed by atoms with Crippen molar-refractivity contribution in [3.8, 4) is 0 Å². The SMILES string of the molecule is O=C(O)CCCCCCC[C@@H](O)[C@H](O)CCCCCCCCO. The molecule has 138 valence electrons. The van der Waals surface area contributed by atoms with Gasteiger partial charge in [-0.1, -0.05) is 57.8 Å². The monoisotopic (exact) mass is 332 g/mol. The van der Waals surface area contributed by atoms with E-state index < -0.39 is 18.2 Å². The molecule has 23 heavy (non-hydrogen) atoms. The minimum Gasteiger partial charge on any atom is -0.481 e. The molecule has 0 saturated heterocycles. The predicted molar refractivity (Wildman–Crippen MR) is 91.4 cm³/mol. The lowest BCUT2D eigenvalue weighted by molar-refractivity contribution is -0.137. The molecule has 0 fully saturated rings. The number of carbonyl (C=O) groups is 1. The molecule has 0 spiro atoms. The van der Waals surface area contributed by atoms with Gasteiger partial charge in [0.25, 0.3) is 0 Å². The van der Waals surface area contributed by atoms with Crippen molar-refractivity contribution in [3.05, 3.63) is 0 Å². The highest BCUT2D eigenvalue weighted by Crippen LogP contribution is 2.15. The van der Waals surface area contributed by atoms with Gasteiger partial charge in [0, 0.05) is 13.0 Å². The smallest absolute Gasteiger partial charge is 0.303 e. The molecule has 2 atom stereocenters. The zero-order valence-corrected chi connectivity index (χ0v) is 14.5. The van der Waals surface area contributed by atoms with Crippen molar-refractivity contribution in [3.63, 3.8) is 0 Å². The van der Waals surface area contributed by atoms with E-state index in [1.165, 1.54) is 0 Å². The maximum Gasteiger partial charge on any atom is 0.303 e. The molecule has 0 radical (unpaired) electrons. The molecule has 0 aliphatic rings. The molecule has 0 aromatic heterocycles. The second-order valence-electron chi connectivity index (χ2n) is 6.47. The summed E-state index contributed by atoms with van der Waals surface area (Å²) in [6.45, 7) is 0.268. The summed E-state index contributed by atoms with van der Waals surface area (Å²) in [4.78, 5) is 10.4. The van der Waals surface area contributed by atoms with Gasteiger partial charge >= 0.3 is 5.97 Å². The summed E-state index contributed by atoms with van der Waals surface area (Å²) in [7, 11) is 0. The van der Waals surface area contributed by atoms with E-state index >= 15 is 0 Å². The first kappa shape index (κ1) is 22.4. The Labute approximate surface area is 140 Å². The number of hydrogen-bond donors (Lipinski definition) is 4. The maximum atomic E-state index is 10.4. The Morgan fingerprint density at radius 2 is 1.04 bits per heavy atom. The number of carboxylic acid groups (broad SMARTS) is 1. The number of rotatable bonds is 17. The molecule has 0 bridgehead atoms. The van der Waals surface area contributed by atoms with E-state index in [9.17, 15) is 15.0 Å². The van der Waals surface area contributed by atoms with Crippen LogP contribution < -0.4 is 0 Å². The molecule has 0 aliphatic carbocycles. The summed E-state index contributed by atoms with van der Waals surface area (Å²) in [5, 5.41) is 37.0. The summed E-state index contributed by atoms with van der Waals surface area (Å²) in [6, 6.07) is 0. The third kappa shape index (κ3) is 16.0. The van der Waals surface area contributed by atoms with E-state index in [0.29, 0.717) is 12.8 Å². The Hall–Kier alpha value is -0.650. The molecule has 0 heterocycles. The van der Waals surface area contributed by atoms with Gasteiger partial charge in [-0.05, 0) is 25.7 Å². The Morgan fingerprint density at radius 3 is 1.48 bits per heavy atom. The van der Waals surface area contributed by atoms with Crippen molar-refractivity contribution in [1.82, 2.24) is 0 Å². The molecule has 0 saturated carbocycles. The summed E-state index contributed by atoms with van der Waals surface area (Å²) in [5.74, 6) is -0.739. The van der Waals surface area contributed by atoms with Crippen LogP contribution >= 0.6 is 0 Å². The average molecular weight is 332 g/mol. The van der Waals surface area contributed by atoms with E-state index in [0.717, 1.165) is 70.6 Å². The van der Waals surface area contributed by atoms with Gasteiger partial charge in [0.1, 0.15) is 0 Å². The minimum atomic E-state index is -0.739. The molecule has 0 aromatic carbocycles. The van der Waals surface area contributed by atoms with Gasteiger partial charge in [-0.25, -0.2) is 0 Å². The van der Waals surface area contributed by atoms with Crippen molar-refractivity contribution in [2.24, 2.45) is 0 Å². The maximum absolute atomic E-state index is 10.4. The Morgan fingerprint density at radius 1 is 0.652 bits per heavy atom. The largest absolute Gasteiger partial charge is 0.481 e. The van der Waals surface area contributed by atoms with Crippen LogP contribution in [0.25, 0.3) is 0 Å². The highest BCUT2D eigenvalue weighted by atomic mass is 16.4. The molecule has 5 nitrogen and oxygen atoms in total. The van der Waals surface area contributed by atoms with Crippen LogP contribution in [0.2, 0.25) is 0 Å². The lowest BCUT2D eigenvalue weighted by Crippen LogP contribution is -2.25. The van der Waals surface area contributed by atoms with Crippen LogP contribution in [0.1, 0.15) is 89.9 Å².